The number of rotatable bonds is 1. The van der Waals surface area contributed by atoms with Gasteiger partial charge in [-0.05, 0) is 6.92 Å². The Kier molecular flexibility index (Phi) is 1.08. The molecule has 0 aromatic carbocycles. The average Bonchev–Trinajstić information content (AvgIpc) is 1.57. The van der Waals surface area contributed by atoms with Crippen LogP contribution in [0.5, 0.6) is 0 Å². The number of carbonyl (C=O) groups excluding carboxylic acids is 1. The molecule has 1 heterocycles. The Hall–Kier alpha value is -0.800. The highest BCUT2D eigenvalue weighted by atomic mass is 19.1. The fourth-order valence-corrected chi connectivity index (χ4v) is 0.386. The molecule has 1 saturated heterocycles. The molecule has 4 heteroatoms. The minimum Gasteiger partial charge on any atom is -0.390 e. The topological polar surface area (TPSA) is 35.5 Å². The first kappa shape index (κ1) is 5.34. The largest absolute Gasteiger partial charge is 0.514 e. The van der Waals surface area contributed by atoms with Crippen molar-refractivity contribution in [3.63, 3.8) is 0 Å². The summed E-state index contributed by atoms with van der Waals surface area (Å²) >= 11 is 0. The quantitative estimate of drug-likeness (QED) is 0.481. The minimum absolute atomic E-state index is 0.792. The van der Waals surface area contributed by atoms with Gasteiger partial charge in [-0.3, -0.25) is 0 Å². The first-order chi connectivity index (χ1) is 3.70. The van der Waals surface area contributed by atoms with Crippen LogP contribution in [0.4, 0.5) is 9.18 Å². The summed E-state index contributed by atoms with van der Waals surface area (Å²) < 4.78 is 20.2. The number of carbonyl (C=O) groups is 1. The molecule has 0 aromatic heterocycles. The van der Waals surface area contributed by atoms with Gasteiger partial charge >= 0.3 is 6.16 Å². The highest BCUT2D eigenvalue weighted by Crippen LogP contribution is 2.15. The van der Waals surface area contributed by atoms with E-state index in [0.717, 1.165) is 0 Å². The summed E-state index contributed by atoms with van der Waals surface area (Å²) in [6, 6.07) is 0. The van der Waals surface area contributed by atoms with E-state index < -0.39 is 18.6 Å². The third-order valence-electron chi connectivity index (χ3n) is 0.800. The predicted octanol–water partition coefficient (Wildman–Crippen LogP) is 0.837. The Morgan fingerprint density at radius 2 is 2.25 bits per heavy atom. The molecule has 0 spiro atoms. The number of ether oxygens (including phenoxy) is 2. The molecule has 0 aliphatic carbocycles. The molecule has 1 fully saturated rings. The molecule has 1 atom stereocenters. The zero-order valence-corrected chi connectivity index (χ0v) is 4.26. The van der Waals surface area contributed by atoms with Crippen LogP contribution < -0.4 is 0 Å². The van der Waals surface area contributed by atoms with E-state index in [0.29, 0.717) is 0 Å². The fraction of sp³-hybridized carbons (Fsp3) is 0.750. The molecule has 1 rings (SSSR count). The van der Waals surface area contributed by atoms with Gasteiger partial charge in [-0.25, -0.2) is 9.18 Å². The predicted molar refractivity (Wildman–Crippen MR) is 21.9 cm³/mol. The van der Waals surface area contributed by atoms with Crippen LogP contribution >= 0.6 is 0 Å². The van der Waals surface area contributed by atoms with Gasteiger partial charge < -0.3 is 9.47 Å². The SMILES string of the molecule is CC(F)C1OC(=O)O1. The van der Waals surface area contributed by atoms with E-state index in [1.807, 2.05) is 0 Å². The minimum atomic E-state index is -1.23. The van der Waals surface area contributed by atoms with E-state index in [1.165, 1.54) is 6.92 Å². The smallest absolute Gasteiger partial charge is 0.390 e. The Bertz CT molecular complexity index is 104. The van der Waals surface area contributed by atoms with E-state index in [2.05, 4.69) is 9.47 Å². The van der Waals surface area contributed by atoms with Gasteiger partial charge in [0, 0.05) is 0 Å². The summed E-state index contributed by atoms with van der Waals surface area (Å²) in [5.41, 5.74) is 0. The summed E-state index contributed by atoms with van der Waals surface area (Å²) in [4.78, 5) is 9.80. The number of alkyl halides is 1. The van der Waals surface area contributed by atoms with Crippen molar-refractivity contribution in [2.75, 3.05) is 0 Å². The number of cyclic esters (lactones) is 2. The standard InChI is InChI=1S/C4H5FO3/c1-2(5)3-7-4(6)8-3/h2-3H,1H3. The molecule has 46 valence electrons. The molecular weight excluding hydrogens is 115 g/mol. The first-order valence-corrected chi connectivity index (χ1v) is 2.21. The lowest BCUT2D eigenvalue weighted by atomic mass is 10.4. The van der Waals surface area contributed by atoms with Crippen LogP contribution in [0.15, 0.2) is 0 Å². The molecule has 1 aliphatic heterocycles. The average molecular weight is 120 g/mol. The van der Waals surface area contributed by atoms with Crippen molar-refractivity contribution in [2.24, 2.45) is 0 Å². The maximum absolute atomic E-state index is 11.9. The Balaban J connectivity index is 2.25. The van der Waals surface area contributed by atoms with Crippen LogP contribution in [0.25, 0.3) is 0 Å². The highest BCUT2D eigenvalue weighted by Gasteiger charge is 2.35. The summed E-state index contributed by atoms with van der Waals surface area (Å²) in [5, 5.41) is 0. The van der Waals surface area contributed by atoms with Crippen LogP contribution in [0.2, 0.25) is 0 Å². The molecule has 0 radical (unpaired) electrons. The van der Waals surface area contributed by atoms with Gasteiger partial charge in [0.2, 0.25) is 0 Å². The zero-order valence-electron chi connectivity index (χ0n) is 4.26. The molecular formula is C4H5FO3. The van der Waals surface area contributed by atoms with Gasteiger partial charge in [0.1, 0.15) is 0 Å². The van der Waals surface area contributed by atoms with Gasteiger partial charge in [0.25, 0.3) is 6.29 Å². The lowest BCUT2D eigenvalue weighted by Gasteiger charge is -2.25. The van der Waals surface area contributed by atoms with E-state index in [4.69, 9.17) is 0 Å². The first-order valence-electron chi connectivity index (χ1n) is 2.21. The highest BCUT2D eigenvalue weighted by molar-refractivity contribution is 5.64. The van der Waals surface area contributed by atoms with Gasteiger partial charge in [0.15, 0.2) is 6.17 Å². The summed E-state index contributed by atoms with van der Waals surface area (Å²) in [6.45, 7) is 1.26. The van der Waals surface area contributed by atoms with E-state index >= 15 is 0 Å². The van der Waals surface area contributed by atoms with E-state index in [1.54, 1.807) is 0 Å². The maximum atomic E-state index is 11.9. The maximum Gasteiger partial charge on any atom is 0.514 e. The molecule has 0 N–H and O–H groups in total. The second-order valence-electron chi connectivity index (χ2n) is 1.53. The zero-order chi connectivity index (χ0) is 6.15. The third kappa shape index (κ3) is 0.731. The Morgan fingerprint density at radius 1 is 1.75 bits per heavy atom. The number of halogens is 1. The van der Waals surface area contributed by atoms with Gasteiger partial charge in [-0.2, -0.15) is 0 Å². The molecule has 1 unspecified atom stereocenters. The third-order valence-corrected chi connectivity index (χ3v) is 0.800. The second-order valence-corrected chi connectivity index (χ2v) is 1.53. The normalized spacial score (nSPS) is 23.0. The number of hydrogen-bond donors (Lipinski definition) is 0. The summed E-state index contributed by atoms with van der Waals surface area (Å²) in [7, 11) is 0. The van der Waals surface area contributed by atoms with Crippen molar-refractivity contribution < 1.29 is 18.7 Å². The molecule has 8 heavy (non-hydrogen) atoms. The van der Waals surface area contributed by atoms with Crippen LogP contribution in [0.1, 0.15) is 6.92 Å². The fourth-order valence-electron chi connectivity index (χ4n) is 0.386. The van der Waals surface area contributed by atoms with Crippen molar-refractivity contribution in [3.8, 4) is 0 Å². The molecule has 0 saturated carbocycles. The Morgan fingerprint density at radius 3 is 2.38 bits per heavy atom. The lowest BCUT2D eigenvalue weighted by molar-refractivity contribution is -0.208. The summed E-state index contributed by atoms with van der Waals surface area (Å²) in [5.74, 6) is 0. The van der Waals surface area contributed by atoms with Crippen molar-refractivity contribution in [2.45, 2.75) is 19.4 Å². The van der Waals surface area contributed by atoms with Crippen molar-refractivity contribution in [3.05, 3.63) is 0 Å². The van der Waals surface area contributed by atoms with Crippen LogP contribution in [-0.4, -0.2) is 18.6 Å². The van der Waals surface area contributed by atoms with Crippen LogP contribution in [0, 0.1) is 0 Å². The van der Waals surface area contributed by atoms with Crippen LogP contribution in [0.3, 0.4) is 0 Å². The molecule has 3 nitrogen and oxygen atoms in total. The van der Waals surface area contributed by atoms with E-state index in [9.17, 15) is 9.18 Å². The molecule has 0 amide bonds. The van der Waals surface area contributed by atoms with Crippen molar-refractivity contribution in [1.82, 2.24) is 0 Å². The lowest BCUT2D eigenvalue weighted by Crippen LogP contribution is -2.41. The number of hydrogen-bond acceptors (Lipinski definition) is 3. The van der Waals surface area contributed by atoms with Crippen LogP contribution in [-0.2, 0) is 9.47 Å². The van der Waals surface area contributed by atoms with Gasteiger partial charge in [-0.15, -0.1) is 0 Å². The Labute approximate surface area is 45.4 Å². The van der Waals surface area contributed by atoms with Gasteiger partial charge in [0.05, 0.1) is 0 Å². The molecule has 0 bridgehead atoms. The molecule has 0 aromatic rings. The monoisotopic (exact) mass is 120 g/mol. The van der Waals surface area contributed by atoms with E-state index in [-0.39, 0.29) is 0 Å². The van der Waals surface area contributed by atoms with Crippen molar-refractivity contribution in [1.29, 1.82) is 0 Å². The van der Waals surface area contributed by atoms with Crippen molar-refractivity contribution >= 4 is 6.16 Å². The molecule has 1 aliphatic rings. The van der Waals surface area contributed by atoms with Gasteiger partial charge in [-0.1, -0.05) is 0 Å². The summed E-state index contributed by atoms with van der Waals surface area (Å²) in [6.07, 6.45) is -2.98. The second kappa shape index (κ2) is 1.61.